The van der Waals surface area contributed by atoms with Gasteiger partial charge >= 0.3 is 0 Å². The number of piperidine rings is 3. The molecule has 98 valence electrons. The summed E-state index contributed by atoms with van der Waals surface area (Å²) in [6.07, 6.45) is 2.60. The number of rotatable bonds is 2. The van der Waals surface area contributed by atoms with Crippen molar-refractivity contribution in [3.63, 3.8) is 0 Å². The largest absolute Gasteiger partial charge is 0.383 e. The lowest BCUT2D eigenvalue weighted by molar-refractivity contribution is 0.0973. The SMILES string of the molecule is Cc1nc(N)c(C)c(NC2CN3CCC2CC3)n1. The first-order valence-electron chi connectivity index (χ1n) is 6.73. The number of aryl methyl sites for hydroxylation is 1. The monoisotopic (exact) mass is 247 g/mol. The van der Waals surface area contributed by atoms with Crippen LogP contribution in [0.15, 0.2) is 0 Å². The predicted molar refractivity (Wildman–Crippen MR) is 72.5 cm³/mol. The van der Waals surface area contributed by atoms with Crippen LogP contribution in [-0.4, -0.2) is 40.5 Å². The molecule has 4 heterocycles. The van der Waals surface area contributed by atoms with Gasteiger partial charge in [-0.2, -0.15) is 0 Å². The molecule has 0 radical (unpaired) electrons. The van der Waals surface area contributed by atoms with E-state index in [4.69, 9.17) is 5.73 Å². The van der Waals surface area contributed by atoms with Crippen molar-refractivity contribution in [2.24, 2.45) is 5.92 Å². The zero-order chi connectivity index (χ0) is 12.7. The summed E-state index contributed by atoms with van der Waals surface area (Å²) in [4.78, 5) is 11.2. The van der Waals surface area contributed by atoms with Crippen molar-refractivity contribution in [1.29, 1.82) is 0 Å². The molecule has 3 fully saturated rings. The number of nitrogens with zero attached hydrogens (tertiary/aromatic N) is 3. The lowest BCUT2D eigenvalue weighted by Gasteiger charge is -2.45. The third-order valence-electron chi connectivity index (χ3n) is 4.27. The number of nitrogens with one attached hydrogen (secondary N) is 1. The Morgan fingerprint density at radius 3 is 2.56 bits per heavy atom. The fourth-order valence-corrected chi connectivity index (χ4v) is 3.09. The number of nitrogen functional groups attached to an aromatic ring is 1. The van der Waals surface area contributed by atoms with Gasteiger partial charge in [0.05, 0.1) is 0 Å². The zero-order valence-corrected chi connectivity index (χ0v) is 11.1. The van der Waals surface area contributed by atoms with E-state index in [9.17, 15) is 0 Å². The van der Waals surface area contributed by atoms with Crippen LogP contribution in [-0.2, 0) is 0 Å². The summed E-state index contributed by atoms with van der Waals surface area (Å²) in [5, 5.41) is 3.59. The Kier molecular flexibility index (Phi) is 2.86. The van der Waals surface area contributed by atoms with Crippen molar-refractivity contribution in [3.8, 4) is 0 Å². The van der Waals surface area contributed by atoms with E-state index in [1.807, 2.05) is 13.8 Å². The second kappa shape index (κ2) is 4.39. The molecule has 3 N–H and O–H groups in total. The number of nitrogens with two attached hydrogens (primary N) is 1. The maximum atomic E-state index is 5.90. The first-order chi connectivity index (χ1) is 8.63. The minimum atomic E-state index is 0.514. The van der Waals surface area contributed by atoms with Gasteiger partial charge in [0.15, 0.2) is 0 Å². The van der Waals surface area contributed by atoms with Crippen molar-refractivity contribution < 1.29 is 0 Å². The van der Waals surface area contributed by atoms with E-state index in [1.54, 1.807) is 0 Å². The highest BCUT2D eigenvalue weighted by molar-refractivity contribution is 5.55. The van der Waals surface area contributed by atoms with E-state index < -0.39 is 0 Å². The van der Waals surface area contributed by atoms with Crippen LogP contribution in [0.5, 0.6) is 0 Å². The Balaban J connectivity index is 1.80. The van der Waals surface area contributed by atoms with Gasteiger partial charge in [-0.15, -0.1) is 0 Å². The van der Waals surface area contributed by atoms with E-state index in [0.29, 0.717) is 11.9 Å². The zero-order valence-electron chi connectivity index (χ0n) is 11.1. The van der Waals surface area contributed by atoms with Crippen LogP contribution in [0.3, 0.4) is 0 Å². The summed E-state index contributed by atoms with van der Waals surface area (Å²) in [7, 11) is 0. The van der Waals surface area contributed by atoms with Crippen molar-refractivity contribution in [2.45, 2.75) is 32.7 Å². The summed E-state index contributed by atoms with van der Waals surface area (Å²) < 4.78 is 0. The number of anilines is 2. The van der Waals surface area contributed by atoms with Crippen LogP contribution in [0.4, 0.5) is 11.6 Å². The standard InChI is InChI=1S/C13H21N5/c1-8-12(14)15-9(2)16-13(8)17-11-7-18-5-3-10(11)4-6-18/h10-11H,3-7H2,1-2H3,(H3,14,15,16,17). The Morgan fingerprint density at radius 2 is 1.94 bits per heavy atom. The van der Waals surface area contributed by atoms with Gasteiger partial charge in [0.25, 0.3) is 0 Å². The topological polar surface area (TPSA) is 67.1 Å². The maximum Gasteiger partial charge on any atom is 0.135 e. The summed E-state index contributed by atoms with van der Waals surface area (Å²) >= 11 is 0. The maximum absolute atomic E-state index is 5.90. The Hall–Kier alpha value is -1.36. The molecule has 1 aromatic heterocycles. The van der Waals surface area contributed by atoms with Crippen LogP contribution in [0, 0.1) is 19.8 Å². The van der Waals surface area contributed by atoms with Crippen LogP contribution in [0.2, 0.25) is 0 Å². The first kappa shape index (κ1) is 11.7. The van der Waals surface area contributed by atoms with Gasteiger partial charge in [0.2, 0.25) is 0 Å². The number of hydrogen-bond donors (Lipinski definition) is 2. The highest BCUT2D eigenvalue weighted by Gasteiger charge is 2.34. The smallest absolute Gasteiger partial charge is 0.135 e. The molecule has 1 aromatic rings. The molecule has 4 rings (SSSR count). The van der Waals surface area contributed by atoms with E-state index in [1.165, 1.54) is 25.9 Å². The number of fused-ring (bicyclic) bond motifs is 3. The fourth-order valence-electron chi connectivity index (χ4n) is 3.09. The molecule has 0 saturated carbocycles. The molecule has 1 unspecified atom stereocenters. The normalized spacial score (nSPS) is 30.4. The third-order valence-corrected chi connectivity index (χ3v) is 4.27. The molecular formula is C13H21N5. The van der Waals surface area contributed by atoms with E-state index >= 15 is 0 Å². The number of hydrogen-bond acceptors (Lipinski definition) is 5. The van der Waals surface area contributed by atoms with Gasteiger partial charge in [-0.05, 0) is 45.7 Å². The molecule has 18 heavy (non-hydrogen) atoms. The molecule has 0 aromatic carbocycles. The molecule has 5 nitrogen and oxygen atoms in total. The molecule has 3 aliphatic rings. The lowest BCUT2D eigenvalue weighted by Crippen LogP contribution is -2.53. The molecule has 2 bridgehead atoms. The van der Waals surface area contributed by atoms with Crippen molar-refractivity contribution in [2.75, 3.05) is 30.7 Å². The fraction of sp³-hybridized carbons (Fsp3) is 0.692. The van der Waals surface area contributed by atoms with Gasteiger partial charge < -0.3 is 16.0 Å². The highest BCUT2D eigenvalue weighted by Crippen LogP contribution is 2.30. The van der Waals surface area contributed by atoms with Gasteiger partial charge in [-0.3, -0.25) is 0 Å². The molecule has 5 heteroatoms. The molecule has 3 aliphatic heterocycles. The third kappa shape index (κ3) is 2.03. The predicted octanol–water partition coefficient (Wildman–Crippen LogP) is 1.18. The van der Waals surface area contributed by atoms with Gasteiger partial charge in [-0.1, -0.05) is 0 Å². The van der Waals surface area contributed by atoms with E-state index in [0.717, 1.165) is 29.7 Å². The van der Waals surface area contributed by atoms with Crippen LogP contribution >= 0.6 is 0 Å². The first-order valence-corrected chi connectivity index (χ1v) is 6.73. The van der Waals surface area contributed by atoms with Crippen molar-refractivity contribution in [3.05, 3.63) is 11.4 Å². The molecular weight excluding hydrogens is 226 g/mol. The Morgan fingerprint density at radius 1 is 1.22 bits per heavy atom. The minimum absolute atomic E-state index is 0.514. The molecule has 0 aliphatic carbocycles. The quantitative estimate of drug-likeness (QED) is 0.821. The number of aromatic nitrogens is 2. The molecule has 1 atom stereocenters. The molecule has 3 saturated heterocycles. The molecule has 0 spiro atoms. The summed E-state index contributed by atoms with van der Waals surface area (Å²) in [6, 6.07) is 0.514. The highest BCUT2D eigenvalue weighted by atomic mass is 15.2. The van der Waals surface area contributed by atoms with Crippen LogP contribution < -0.4 is 11.1 Å². The average molecular weight is 247 g/mol. The summed E-state index contributed by atoms with van der Waals surface area (Å²) in [6.45, 7) is 7.52. The van der Waals surface area contributed by atoms with Gasteiger partial charge in [-0.25, -0.2) is 9.97 Å². The minimum Gasteiger partial charge on any atom is -0.383 e. The Labute approximate surface area is 108 Å². The van der Waals surface area contributed by atoms with E-state index in [2.05, 4.69) is 20.2 Å². The van der Waals surface area contributed by atoms with E-state index in [-0.39, 0.29) is 0 Å². The van der Waals surface area contributed by atoms with Gasteiger partial charge in [0.1, 0.15) is 17.5 Å². The van der Waals surface area contributed by atoms with Crippen LogP contribution in [0.1, 0.15) is 24.2 Å². The second-order valence-electron chi connectivity index (χ2n) is 5.52. The second-order valence-corrected chi connectivity index (χ2v) is 5.52. The average Bonchev–Trinajstić information content (AvgIpc) is 2.37. The molecule has 0 amide bonds. The van der Waals surface area contributed by atoms with Crippen LogP contribution in [0.25, 0.3) is 0 Å². The Bertz CT molecular complexity index is 451. The van der Waals surface area contributed by atoms with Crippen molar-refractivity contribution >= 4 is 11.6 Å². The van der Waals surface area contributed by atoms with Crippen molar-refractivity contribution in [1.82, 2.24) is 14.9 Å². The summed E-state index contributed by atoms with van der Waals surface area (Å²) in [5.74, 6) is 3.03. The van der Waals surface area contributed by atoms with Gasteiger partial charge in [0, 0.05) is 18.2 Å². The summed E-state index contributed by atoms with van der Waals surface area (Å²) in [5.41, 5.74) is 6.87. The lowest BCUT2D eigenvalue weighted by atomic mass is 9.84.